The molecule has 0 saturated heterocycles. The summed E-state index contributed by atoms with van der Waals surface area (Å²) in [4.78, 5) is 36.7. The maximum atomic E-state index is 13.5. The Kier molecular flexibility index (Phi) is 5.83. The van der Waals surface area contributed by atoms with Gasteiger partial charge in [0.1, 0.15) is 11.6 Å². The van der Waals surface area contributed by atoms with Gasteiger partial charge in [0, 0.05) is 13.1 Å². The van der Waals surface area contributed by atoms with Crippen molar-refractivity contribution in [3.8, 4) is 0 Å². The van der Waals surface area contributed by atoms with Gasteiger partial charge in [0.15, 0.2) is 5.82 Å². The number of benzene rings is 1. The molecule has 0 aliphatic carbocycles. The molecular formula is C16H17FN4O4. The van der Waals surface area contributed by atoms with Crippen LogP contribution in [0.1, 0.15) is 16.1 Å². The Balaban J connectivity index is 1.80. The van der Waals surface area contributed by atoms with Gasteiger partial charge in [-0.1, -0.05) is 17.3 Å². The van der Waals surface area contributed by atoms with Crippen LogP contribution in [0.5, 0.6) is 0 Å². The van der Waals surface area contributed by atoms with E-state index in [1.807, 2.05) is 0 Å². The summed E-state index contributed by atoms with van der Waals surface area (Å²) in [6.07, 6.45) is 0. The Morgan fingerprint density at radius 1 is 1.28 bits per heavy atom. The first-order valence-electron chi connectivity index (χ1n) is 7.36. The zero-order valence-corrected chi connectivity index (χ0v) is 13.7. The molecule has 0 fully saturated rings. The lowest BCUT2D eigenvalue weighted by molar-refractivity contribution is -0.132. The fourth-order valence-corrected chi connectivity index (χ4v) is 1.94. The SMILES string of the molecule is Cc1cc(NC(=O)CN(C)C(=O)CNC(=O)c2ccccc2F)no1. The molecule has 0 radical (unpaired) electrons. The average molecular weight is 348 g/mol. The van der Waals surface area contributed by atoms with Crippen molar-refractivity contribution >= 4 is 23.5 Å². The molecule has 1 aromatic carbocycles. The van der Waals surface area contributed by atoms with Gasteiger partial charge in [0.2, 0.25) is 11.8 Å². The summed E-state index contributed by atoms with van der Waals surface area (Å²) in [6, 6.07) is 6.97. The van der Waals surface area contributed by atoms with E-state index in [0.717, 1.165) is 11.0 Å². The van der Waals surface area contributed by atoms with E-state index in [1.54, 1.807) is 6.92 Å². The van der Waals surface area contributed by atoms with Gasteiger partial charge in [0.05, 0.1) is 18.7 Å². The molecule has 1 heterocycles. The summed E-state index contributed by atoms with van der Waals surface area (Å²) in [7, 11) is 1.41. The summed E-state index contributed by atoms with van der Waals surface area (Å²) >= 11 is 0. The number of likely N-dealkylation sites (N-methyl/N-ethyl adjacent to an activating group) is 1. The molecular weight excluding hydrogens is 331 g/mol. The standard InChI is InChI=1S/C16H17FN4O4/c1-10-7-13(20-25-10)19-14(22)9-21(2)15(23)8-18-16(24)11-5-3-4-6-12(11)17/h3-7H,8-9H2,1-2H3,(H,18,24)(H,19,20,22). The predicted octanol–water partition coefficient (Wildman–Crippen LogP) is 0.949. The Morgan fingerprint density at radius 2 is 2.00 bits per heavy atom. The highest BCUT2D eigenvalue weighted by molar-refractivity contribution is 5.97. The maximum Gasteiger partial charge on any atom is 0.254 e. The van der Waals surface area contributed by atoms with Crippen LogP contribution in [0.25, 0.3) is 0 Å². The number of hydrogen-bond acceptors (Lipinski definition) is 5. The number of nitrogens with one attached hydrogen (secondary N) is 2. The lowest BCUT2D eigenvalue weighted by atomic mass is 10.2. The van der Waals surface area contributed by atoms with E-state index < -0.39 is 23.5 Å². The Labute approximate surface area is 143 Å². The highest BCUT2D eigenvalue weighted by atomic mass is 19.1. The van der Waals surface area contributed by atoms with Crippen molar-refractivity contribution in [1.29, 1.82) is 0 Å². The van der Waals surface area contributed by atoms with Crippen molar-refractivity contribution in [2.45, 2.75) is 6.92 Å². The zero-order valence-electron chi connectivity index (χ0n) is 13.7. The van der Waals surface area contributed by atoms with Crippen molar-refractivity contribution in [2.24, 2.45) is 0 Å². The van der Waals surface area contributed by atoms with Crippen LogP contribution >= 0.6 is 0 Å². The van der Waals surface area contributed by atoms with Gasteiger partial charge in [-0.3, -0.25) is 14.4 Å². The number of carbonyl (C=O) groups excluding carboxylic acids is 3. The molecule has 0 aliphatic rings. The first-order valence-corrected chi connectivity index (χ1v) is 7.36. The van der Waals surface area contributed by atoms with Crippen molar-refractivity contribution in [1.82, 2.24) is 15.4 Å². The third kappa shape index (κ3) is 5.13. The van der Waals surface area contributed by atoms with Gasteiger partial charge in [-0.15, -0.1) is 0 Å². The molecule has 1 aromatic heterocycles. The van der Waals surface area contributed by atoms with E-state index in [2.05, 4.69) is 15.8 Å². The maximum absolute atomic E-state index is 13.5. The quantitative estimate of drug-likeness (QED) is 0.809. The van der Waals surface area contributed by atoms with E-state index in [4.69, 9.17) is 4.52 Å². The molecule has 132 valence electrons. The molecule has 0 atom stereocenters. The van der Waals surface area contributed by atoms with Gasteiger partial charge >= 0.3 is 0 Å². The van der Waals surface area contributed by atoms with Gasteiger partial charge in [-0.2, -0.15) is 0 Å². The molecule has 0 bridgehead atoms. The molecule has 8 nitrogen and oxygen atoms in total. The molecule has 25 heavy (non-hydrogen) atoms. The Hall–Kier alpha value is -3.23. The third-order valence-corrected chi connectivity index (χ3v) is 3.22. The van der Waals surface area contributed by atoms with E-state index in [1.165, 1.54) is 31.3 Å². The number of halogens is 1. The van der Waals surface area contributed by atoms with E-state index in [9.17, 15) is 18.8 Å². The molecule has 0 aliphatic heterocycles. The Morgan fingerprint density at radius 3 is 2.64 bits per heavy atom. The first kappa shape index (κ1) is 18.1. The molecule has 2 N–H and O–H groups in total. The second-order valence-electron chi connectivity index (χ2n) is 5.28. The van der Waals surface area contributed by atoms with Crippen molar-refractivity contribution in [3.63, 3.8) is 0 Å². The van der Waals surface area contributed by atoms with Crippen molar-refractivity contribution < 1.29 is 23.3 Å². The van der Waals surface area contributed by atoms with E-state index in [0.29, 0.717) is 5.76 Å². The number of aryl methyl sites for hydroxylation is 1. The summed E-state index contributed by atoms with van der Waals surface area (Å²) in [6.45, 7) is 1.08. The molecule has 0 saturated carbocycles. The summed E-state index contributed by atoms with van der Waals surface area (Å²) in [5.41, 5.74) is -0.155. The van der Waals surface area contributed by atoms with Crippen LogP contribution in [0.2, 0.25) is 0 Å². The second-order valence-corrected chi connectivity index (χ2v) is 5.28. The van der Waals surface area contributed by atoms with Crippen LogP contribution in [0.4, 0.5) is 10.2 Å². The van der Waals surface area contributed by atoms with Crippen molar-refractivity contribution in [2.75, 3.05) is 25.5 Å². The smallest absolute Gasteiger partial charge is 0.254 e. The molecule has 9 heteroatoms. The number of hydrogen-bond donors (Lipinski definition) is 2. The van der Waals surface area contributed by atoms with Gasteiger partial charge in [0.25, 0.3) is 5.91 Å². The highest BCUT2D eigenvalue weighted by Gasteiger charge is 2.16. The normalized spacial score (nSPS) is 10.2. The van der Waals surface area contributed by atoms with Crippen LogP contribution < -0.4 is 10.6 Å². The van der Waals surface area contributed by atoms with Gasteiger partial charge in [-0.25, -0.2) is 4.39 Å². The third-order valence-electron chi connectivity index (χ3n) is 3.22. The van der Waals surface area contributed by atoms with Gasteiger partial charge in [-0.05, 0) is 19.1 Å². The lowest BCUT2D eigenvalue weighted by Gasteiger charge is -2.16. The topological polar surface area (TPSA) is 105 Å². The number of carbonyl (C=O) groups is 3. The number of anilines is 1. The van der Waals surface area contributed by atoms with E-state index >= 15 is 0 Å². The minimum atomic E-state index is -0.706. The molecule has 2 aromatic rings. The largest absolute Gasteiger partial charge is 0.360 e. The molecule has 3 amide bonds. The Bertz CT molecular complexity index is 790. The monoisotopic (exact) mass is 348 g/mol. The first-order chi connectivity index (χ1) is 11.9. The fraction of sp³-hybridized carbons (Fsp3) is 0.250. The predicted molar refractivity (Wildman–Crippen MR) is 86.2 cm³/mol. The number of amides is 3. The van der Waals surface area contributed by atoms with E-state index in [-0.39, 0.29) is 24.5 Å². The number of rotatable bonds is 6. The zero-order chi connectivity index (χ0) is 18.4. The molecule has 0 spiro atoms. The summed E-state index contributed by atoms with van der Waals surface area (Å²) < 4.78 is 18.3. The lowest BCUT2D eigenvalue weighted by Crippen LogP contribution is -2.41. The van der Waals surface area contributed by atoms with Crippen molar-refractivity contribution in [3.05, 3.63) is 47.5 Å². The fourth-order valence-electron chi connectivity index (χ4n) is 1.94. The highest BCUT2D eigenvalue weighted by Crippen LogP contribution is 2.07. The number of aromatic nitrogens is 1. The van der Waals surface area contributed by atoms with Gasteiger partial charge < -0.3 is 20.1 Å². The average Bonchev–Trinajstić information content (AvgIpc) is 2.97. The van der Waals surface area contributed by atoms with Crippen LogP contribution in [-0.2, 0) is 9.59 Å². The van der Waals surface area contributed by atoms with Crippen LogP contribution in [0.3, 0.4) is 0 Å². The molecule has 2 rings (SSSR count). The summed E-state index contributed by atoms with van der Waals surface area (Å²) in [5, 5.41) is 8.40. The van der Waals surface area contributed by atoms with Crippen LogP contribution in [0, 0.1) is 12.7 Å². The van der Waals surface area contributed by atoms with Crippen LogP contribution in [0.15, 0.2) is 34.9 Å². The van der Waals surface area contributed by atoms with Crippen LogP contribution in [-0.4, -0.2) is 47.9 Å². The second kappa shape index (κ2) is 8.04. The molecule has 0 unspecified atom stereocenters. The minimum Gasteiger partial charge on any atom is -0.360 e. The summed E-state index contributed by atoms with van der Waals surface area (Å²) in [5.74, 6) is -1.57. The minimum absolute atomic E-state index is 0.155. The number of nitrogens with zero attached hydrogens (tertiary/aromatic N) is 2.